The van der Waals surface area contributed by atoms with E-state index >= 15 is 0 Å². The van der Waals surface area contributed by atoms with Crippen molar-refractivity contribution in [1.82, 2.24) is 10.9 Å². The highest BCUT2D eigenvalue weighted by Gasteiger charge is 2.52. The molecule has 3 N–H and O–H groups in total. The Morgan fingerprint density at radius 1 is 0.979 bits per heavy atom. The van der Waals surface area contributed by atoms with Gasteiger partial charge in [0.15, 0.2) is 11.6 Å². The monoisotopic (exact) mass is 697 g/mol. The van der Waals surface area contributed by atoms with Gasteiger partial charge in [-0.1, -0.05) is 88.7 Å². The van der Waals surface area contributed by atoms with E-state index in [1.807, 2.05) is 122 Å². The molecule has 0 spiro atoms. The zero-order valence-electron chi connectivity index (χ0n) is 26.4. The molecule has 1 aliphatic rings. The van der Waals surface area contributed by atoms with Crippen molar-refractivity contribution in [2.24, 2.45) is 4.99 Å². The third-order valence-corrected chi connectivity index (χ3v) is 8.26. The molecule has 47 heavy (non-hydrogen) atoms. The minimum Gasteiger partial charge on any atom is -0.494 e. The number of nitrogens with zero attached hydrogens (tertiary/aromatic N) is 1. The second-order valence-electron chi connectivity index (χ2n) is 11.0. The van der Waals surface area contributed by atoms with Gasteiger partial charge in [-0.25, -0.2) is 10.4 Å². The summed E-state index contributed by atoms with van der Waals surface area (Å²) < 4.78 is 19.0. The fourth-order valence-electron chi connectivity index (χ4n) is 5.35. The van der Waals surface area contributed by atoms with Crippen molar-refractivity contribution in [3.05, 3.63) is 136 Å². The van der Waals surface area contributed by atoms with Gasteiger partial charge in [0.1, 0.15) is 11.5 Å². The molecule has 2 atom stereocenters. The number of carbonyl (C=O) groups is 1. The van der Waals surface area contributed by atoms with Crippen LogP contribution in [-0.4, -0.2) is 48.8 Å². The Kier molecular flexibility index (Phi) is 12.2. The van der Waals surface area contributed by atoms with E-state index in [2.05, 4.69) is 26.8 Å². The van der Waals surface area contributed by atoms with Crippen LogP contribution < -0.4 is 20.3 Å². The molecule has 4 aromatic rings. The highest BCUT2D eigenvalue weighted by Crippen LogP contribution is 2.43. The summed E-state index contributed by atoms with van der Waals surface area (Å²) >= 11 is 3.53. The van der Waals surface area contributed by atoms with E-state index in [1.165, 1.54) is 0 Å². The first-order chi connectivity index (χ1) is 23.0. The summed E-state index contributed by atoms with van der Waals surface area (Å²) in [4.78, 5) is 19.4. The Morgan fingerprint density at radius 3 is 2.47 bits per heavy atom. The number of aliphatic imine (C=N–C) groups is 1. The maximum Gasteiger partial charge on any atom is 0.266 e. The quantitative estimate of drug-likeness (QED) is 0.0877. The van der Waals surface area contributed by atoms with Gasteiger partial charge in [-0.05, 0) is 72.5 Å². The highest BCUT2D eigenvalue weighted by atomic mass is 79.9. The molecule has 0 radical (unpaired) electrons. The smallest absolute Gasteiger partial charge is 0.266 e. The maximum atomic E-state index is 14.3. The standard InChI is InChI=1S/C38H40BrN3O5/c1-2-45-34-14-7-6-13-29(34)23-25-40-42-37(44)38(24-8-12-28-10-4-3-5-11-28)35(30-15-19-32(39)20-16-30)47-36(41-38)31-17-21-33(22-18-31)46-27-9-26-43/h3-8,10-22,35,40,43H,2,9,23-27H2,1H3,(H,42,44)/b12-8+/t35-,38-/m0/s1. The number of hydrogen-bond donors (Lipinski definition) is 3. The van der Waals surface area contributed by atoms with Crippen LogP contribution in [0.15, 0.2) is 119 Å². The van der Waals surface area contributed by atoms with Crippen molar-refractivity contribution >= 4 is 33.8 Å². The molecule has 0 saturated heterocycles. The van der Waals surface area contributed by atoms with Crippen LogP contribution in [0.1, 0.15) is 48.1 Å². The normalized spacial score (nSPS) is 17.3. The fraction of sp³-hybridized carbons (Fsp3) is 0.263. The fourth-order valence-corrected chi connectivity index (χ4v) is 5.61. The third-order valence-electron chi connectivity index (χ3n) is 7.74. The van der Waals surface area contributed by atoms with Crippen LogP contribution in [0, 0.1) is 0 Å². The molecule has 4 aromatic carbocycles. The number of hydrazine groups is 1. The minimum atomic E-state index is -1.32. The molecule has 0 bridgehead atoms. The number of halogens is 1. The number of hydrogen-bond acceptors (Lipinski definition) is 7. The SMILES string of the molecule is CCOc1ccccc1CCNNC(=O)[C@@]1(C/C=C/c2ccccc2)N=C(c2ccc(OCCCO)cc2)O[C@H]1c1ccc(Br)cc1. The zero-order chi connectivity index (χ0) is 32.9. The van der Waals surface area contributed by atoms with E-state index in [-0.39, 0.29) is 18.9 Å². The molecular weight excluding hydrogens is 658 g/mol. The lowest BCUT2D eigenvalue weighted by Crippen LogP contribution is -2.52. The molecule has 244 valence electrons. The van der Waals surface area contributed by atoms with Gasteiger partial charge in [-0.3, -0.25) is 10.2 Å². The first-order valence-corrected chi connectivity index (χ1v) is 16.6. The van der Waals surface area contributed by atoms with Crippen LogP contribution in [0.4, 0.5) is 0 Å². The average Bonchev–Trinajstić information content (AvgIpc) is 3.49. The lowest BCUT2D eigenvalue weighted by molar-refractivity contribution is -0.129. The van der Waals surface area contributed by atoms with E-state index in [9.17, 15) is 4.79 Å². The molecule has 5 rings (SSSR count). The van der Waals surface area contributed by atoms with Crippen LogP contribution in [-0.2, 0) is 16.0 Å². The molecule has 0 aromatic heterocycles. The Labute approximate surface area is 284 Å². The van der Waals surface area contributed by atoms with Crippen LogP contribution in [0.25, 0.3) is 6.08 Å². The molecule has 8 nitrogen and oxygen atoms in total. The lowest BCUT2D eigenvalue weighted by Gasteiger charge is -2.30. The summed E-state index contributed by atoms with van der Waals surface area (Å²) in [5.74, 6) is 1.58. The Morgan fingerprint density at radius 2 is 1.72 bits per heavy atom. The molecule has 1 amide bonds. The summed E-state index contributed by atoms with van der Waals surface area (Å²) in [5, 5.41) is 9.08. The summed E-state index contributed by atoms with van der Waals surface area (Å²) in [6, 6.07) is 33.1. The molecule has 1 heterocycles. The molecule has 9 heteroatoms. The van der Waals surface area contributed by atoms with Crippen molar-refractivity contribution in [2.45, 2.75) is 37.8 Å². The van der Waals surface area contributed by atoms with E-state index in [0.717, 1.165) is 32.5 Å². The van der Waals surface area contributed by atoms with E-state index < -0.39 is 11.6 Å². The van der Waals surface area contributed by atoms with Crippen LogP contribution in [0.5, 0.6) is 11.5 Å². The van der Waals surface area contributed by atoms with E-state index in [1.54, 1.807) is 0 Å². The number of rotatable bonds is 16. The van der Waals surface area contributed by atoms with Gasteiger partial charge in [-0.2, -0.15) is 0 Å². The van der Waals surface area contributed by atoms with Gasteiger partial charge < -0.3 is 19.3 Å². The lowest BCUT2D eigenvalue weighted by atomic mass is 9.84. The predicted molar refractivity (Wildman–Crippen MR) is 188 cm³/mol. The van der Waals surface area contributed by atoms with Crippen molar-refractivity contribution < 1.29 is 24.1 Å². The van der Waals surface area contributed by atoms with Gasteiger partial charge in [-0.15, -0.1) is 0 Å². The first-order valence-electron chi connectivity index (χ1n) is 15.8. The van der Waals surface area contributed by atoms with E-state index in [4.69, 9.17) is 24.3 Å². The first kappa shape index (κ1) is 33.9. The second kappa shape index (κ2) is 16.9. The van der Waals surface area contributed by atoms with Crippen molar-refractivity contribution in [1.29, 1.82) is 0 Å². The van der Waals surface area contributed by atoms with Crippen molar-refractivity contribution in [3.8, 4) is 11.5 Å². The summed E-state index contributed by atoms with van der Waals surface area (Å²) in [6.07, 6.45) is 4.77. The topological polar surface area (TPSA) is 101 Å². The number of nitrogens with one attached hydrogen (secondary N) is 2. The predicted octanol–water partition coefficient (Wildman–Crippen LogP) is 6.83. The Bertz CT molecular complexity index is 1640. The number of ether oxygens (including phenoxy) is 3. The number of aliphatic hydroxyl groups excluding tert-OH is 1. The van der Waals surface area contributed by atoms with Crippen LogP contribution in [0.3, 0.4) is 0 Å². The summed E-state index contributed by atoms with van der Waals surface area (Å²) in [7, 11) is 0. The molecular formula is C38H40BrN3O5. The number of para-hydroxylation sites is 1. The maximum absolute atomic E-state index is 14.3. The molecule has 0 fully saturated rings. The largest absolute Gasteiger partial charge is 0.494 e. The second-order valence-corrected chi connectivity index (χ2v) is 11.9. The van der Waals surface area contributed by atoms with Gasteiger partial charge in [0.2, 0.25) is 5.90 Å². The summed E-state index contributed by atoms with van der Waals surface area (Å²) in [6.45, 7) is 3.52. The highest BCUT2D eigenvalue weighted by molar-refractivity contribution is 9.10. The third kappa shape index (κ3) is 8.88. The number of aliphatic hydroxyl groups is 1. The summed E-state index contributed by atoms with van der Waals surface area (Å²) in [5.41, 5.74) is 8.40. The van der Waals surface area contributed by atoms with Crippen molar-refractivity contribution in [2.75, 3.05) is 26.4 Å². The van der Waals surface area contributed by atoms with Gasteiger partial charge >= 0.3 is 0 Å². The molecule has 1 aliphatic heterocycles. The Hall–Kier alpha value is -4.44. The number of amides is 1. The van der Waals surface area contributed by atoms with Gasteiger partial charge in [0.05, 0.1) is 13.2 Å². The zero-order valence-corrected chi connectivity index (χ0v) is 28.0. The number of carbonyl (C=O) groups excluding carboxylic acids is 1. The molecule has 0 saturated carbocycles. The Balaban J connectivity index is 1.44. The minimum absolute atomic E-state index is 0.0679. The molecule has 0 unspecified atom stereocenters. The van der Waals surface area contributed by atoms with Crippen molar-refractivity contribution in [3.63, 3.8) is 0 Å². The van der Waals surface area contributed by atoms with E-state index in [0.29, 0.717) is 44.2 Å². The van der Waals surface area contributed by atoms with Crippen LogP contribution in [0.2, 0.25) is 0 Å². The average molecular weight is 699 g/mol. The van der Waals surface area contributed by atoms with Gasteiger partial charge in [0.25, 0.3) is 5.91 Å². The number of benzene rings is 4. The molecule has 0 aliphatic carbocycles. The van der Waals surface area contributed by atoms with Crippen LogP contribution >= 0.6 is 15.9 Å². The van der Waals surface area contributed by atoms with Gasteiger partial charge in [0, 0.05) is 36.0 Å².